The van der Waals surface area contributed by atoms with Crippen LogP contribution in [0.1, 0.15) is 98.8 Å². The Hall–Kier alpha value is -1.76. The van der Waals surface area contributed by atoms with Crippen LogP contribution in [0.2, 0.25) is 0 Å². The Balaban J connectivity index is 1.09. The lowest BCUT2D eigenvalue weighted by Crippen LogP contribution is -2.67. The number of hydrogen-bond acceptors (Lipinski definition) is 14. The van der Waals surface area contributed by atoms with Gasteiger partial charge in [0.15, 0.2) is 12.6 Å². The molecule has 0 spiro atoms. The Bertz CT molecular complexity index is 1570. The van der Waals surface area contributed by atoms with Crippen LogP contribution in [0.5, 0.6) is 0 Å². The first kappa shape index (κ1) is 43.3. The molecule has 0 aromatic carbocycles. The van der Waals surface area contributed by atoms with Gasteiger partial charge in [-0.3, -0.25) is 9.59 Å². The summed E-state index contributed by atoms with van der Waals surface area (Å²) in [5.41, 5.74) is -1.94. The lowest BCUT2D eigenvalue weighted by molar-refractivity contribution is -0.352. The molecular weight excluding hydrogens is 744 g/mol. The van der Waals surface area contributed by atoms with Gasteiger partial charge in [-0.1, -0.05) is 39.3 Å². The minimum absolute atomic E-state index is 0.0253. The Morgan fingerprint density at radius 1 is 0.807 bits per heavy atom. The molecular formula is C42H66O15. The largest absolute Gasteiger partial charge is 0.481 e. The van der Waals surface area contributed by atoms with Gasteiger partial charge in [-0.15, -0.1) is 0 Å². The number of carboxylic acids is 1. The van der Waals surface area contributed by atoms with Crippen LogP contribution in [0.25, 0.3) is 0 Å². The van der Waals surface area contributed by atoms with Gasteiger partial charge in [0.2, 0.25) is 0 Å². The van der Waals surface area contributed by atoms with Crippen LogP contribution in [0.3, 0.4) is 0 Å². The summed E-state index contributed by atoms with van der Waals surface area (Å²) in [6, 6.07) is 0. The van der Waals surface area contributed by atoms with E-state index >= 15 is 0 Å². The van der Waals surface area contributed by atoms with E-state index in [0.29, 0.717) is 32.1 Å². The van der Waals surface area contributed by atoms with Crippen molar-refractivity contribution in [1.29, 1.82) is 0 Å². The third kappa shape index (κ3) is 6.30. The molecule has 2 aliphatic heterocycles. The van der Waals surface area contributed by atoms with Crippen molar-refractivity contribution in [1.82, 2.24) is 0 Å². The quantitative estimate of drug-likeness (QED) is 0.0988. The van der Waals surface area contributed by atoms with Gasteiger partial charge in [0.1, 0.15) is 42.7 Å². The van der Waals surface area contributed by atoms with E-state index in [2.05, 4.69) is 26.8 Å². The number of rotatable bonds is 8. The SMILES string of the molecule is COC(=O)[C@@]1(C)CC[C@]2(C(=O)O)CC[C@]3(C)C(=CC[C@@H]4[C@@]5(C)CC[C@H](O[C@H]6OC[C@H](O[C@H]7O[C@@H](CO)[C@H](O)[C@@H](O)[C@@H]7O)[C@@H](O)[C@@H]6O)[C@@](C)(CO)[C@@H]5CC[C@@]43C)[C@H]2C1. The zero-order valence-electron chi connectivity index (χ0n) is 34.2. The third-order valence-corrected chi connectivity index (χ3v) is 17.5. The topological polar surface area (TPSA) is 242 Å². The predicted molar refractivity (Wildman–Crippen MR) is 200 cm³/mol. The van der Waals surface area contributed by atoms with Crippen molar-refractivity contribution in [3.05, 3.63) is 11.6 Å². The smallest absolute Gasteiger partial charge is 0.311 e. The number of carbonyl (C=O) groups is 2. The maximum atomic E-state index is 13.1. The first-order valence-electron chi connectivity index (χ1n) is 20.9. The standard InChI is InChI=1S/C42H66O15/c1-37(36(52)53-6)13-15-42(35(50)51)16-14-40(4)21(22(42)17-37)7-8-26-38(2)11-10-27(39(3,20-44)25(38)9-12-41(26,40)5)57-33-31(48)29(46)24(19-54-33)56-34-32(49)30(47)28(45)23(18-43)55-34/h7,22-34,43-49H,8-20H2,1-6H3,(H,50,51)/t22-,23+,24+,25-,26-,27+,28+,29-,30-,31+,32+,33-,34-,37+,38+,39+,40-,41+,42+/m1/s1. The predicted octanol–water partition coefficient (Wildman–Crippen LogP) is 1.65. The van der Waals surface area contributed by atoms with E-state index in [-0.39, 0.29) is 53.2 Å². The fraction of sp³-hybridized carbons (Fsp3) is 0.905. The van der Waals surface area contributed by atoms with E-state index in [1.54, 1.807) is 0 Å². The van der Waals surface area contributed by atoms with Crippen LogP contribution in [-0.4, -0.2) is 141 Å². The molecule has 2 heterocycles. The van der Waals surface area contributed by atoms with Gasteiger partial charge in [0, 0.05) is 5.41 Å². The molecule has 0 aromatic heterocycles. The molecule has 0 unspecified atom stereocenters. The van der Waals surface area contributed by atoms with Crippen LogP contribution in [0.15, 0.2) is 11.6 Å². The molecule has 15 heteroatoms. The summed E-state index contributed by atoms with van der Waals surface area (Å²) in [7, 11) is 1.40. The number of ether oxygens (including phenoxy) is 5. The molecule has 6 fully saturated rings. The molecule has 19 atom stereocenters. The van der Waals surface area contributed by atoms with Crippen molar-refractivity contribution in [2.75, 3.05) is 26.9 Å². The minimum Gasteiger partial charge on any atom is -0.481 e. The van der Waals surface area contributed by atoms with Crippen LogP contribution >= 0.6 is 0 Å². The molecule has 0 amide bonds. The van der Waals surface area contributed by atoms with E-state index < -0.39 is 90.2 Å². The zero-order valence-corrected chi connectivity index (χ0v) is 34.2. The van der Waals surface area contributed by atoms with Gasteiger partial charge in [-0.25, -0.2) is 0 Å². The van der Waals surface area contributed by atoms with Crippen LogP contribution < -0.4 is 0 Å². The highest BCUT2D eigenvalue weighted by atomic mass is 16.7. The minimum atomic E-state index is -1.69. The molecule has 0 radical (unpaired) electrons. The Kier molecular flexibility index (Phi) is 11.4. The summed E-state index contributed by atoms with van der Waals surface area (Å²) in [4.78, 5) is 26.2. The second-order valence-electron chi connectivity index (χ2n) is 19.9. The van der Waals surface area contributed by atoms with Crippen LogP contribution in [-0.2, 0) is 33.3 Å². The van der Waals surface area contributed by atoms with E-state index in [1.165, 1.54) is 12.7 Å². The molecule has 0 bridgehead atoms. The third-order valence-electron chi connectivity index (χ3n) is 17.5. The zero-order chi connectivity index (χ0) is 41.7. The summed E-state index contributed by atoms with van der Waals surface area (Å²) >= 11 is 0. The summed E-state index contributed by atoms with van der Waals surface area (Å²) in [6.45, 7) is 9.90. The molecule has 7 rings (SSSR count). The van der Waals surface area contributed by atoms with Crippen molar-refractivity contribution in [2.45, 2.75) is 160 Å². The first-order valence-corrected chi connectivity index (χ1v) is 20.9. The molecule has 57 heavy (non-hydrogen) atoms. The number of methoxy groups -OCH3 is 1. The average molecular weight is 811 g/mol. The van der Waals surface area contributed by atoms with Crippen molar-refractivity contribution >= 4 is 11.9 Å². The van der Waals surface area contributed by atoms with Crippen molar-refractivity contribution in [3.8, 4) is 0 Å². The molecule has 5 aliphatic carbocycles. The van der Waals surface area contributed by atoms with Gasteiger partial charge in [-0.05, 0) is 105 Å². The molecule has 324 valence electrons. The van der Waals surface area contributed by atoms with E-state index in [4.69, 9.17) is 23.7 Å². The van der Waals surface area contributed by atoms with Crippen molar-refractivity contribution < 1.29 is 74.1 Å². The number of allylic oxidation sites excluding steroid dienone is 2. The van der Waals surface area contributed by atoms with Gasteiger partial charge < -0.3 is 64.5 Å². The fourth-order valence-electron chi connectivity index (χ4n) is 13.6. The van der Waals surface area contributed by atoms with Gasteiger partial charge in [-0.2, -0.15) is 0 Å². The highest BCUT2D eigenvalue weighted by molar-refractivity contribution is 5.80. The number of aliphatic hydroxyl groups excluding tert-OH is 7. The summed E-state index contributed by atoms with van der Waals surface area (Å²) < 4.78 is 28.8. The van der Waals surface area contributed by atoms with E-state index in [0.717, 1.165) is 32.1 Å². The van der Waals surface area contributed by atoms with E-state index in [1.807, 2.05) is 13.8 Å². The summed E-state index contributed by atoms with van der Waals surface area (Å²) in [6.07, 6.45) is -5.10. The average Bonchev–Trinajstić information content (AvgIpc) is 3.18. The van der Waals surface area contributed by atoms with Crippen LogP contribution in [0.4, 0.5) is 0 Å². The maximum Gasteiger partial charge on any atom is 0.311 e. The van der Waals surface area contributed by atoms with Gasteiger partial charge in [0.25, 0.3) is 0 Å². The lowest BCUT2D eigenvalue weighted by Gasteiger charge is -2.71. The number of carbonyl (C=O) groups excluding carboxylic acids is 1. The monoisotopic (exact) mass is 810 g/mol. The number of fused-ring (bicyclic) bond motifs is 7. The number of hydrogen-bond donors (Lipinski definition) is 8. The van der Waals surface area contributed by atoms with Crippen LogP contribution in [0, 0.1) is 50.2 Å². The van der Waals surface area contributed by atoms with Gasteiger partial charge in [0.05, 0.1) is 43.9 Å². The molecule has 7 aliphatic rings. The second kappa shape index (κ2) is 15.0. The Morgan fingerprint density at radius 2 is 1.49 bits per heavy atom. The van der Waals surface area contributed by atoms with Gasteiger partial charge >= 0.3 is 11.9 Å². The second-order valence-corrected chi connectivity index (χ2v) is 19.9. The molecule has 15 nitrogen and oxygen atoms in total. The summed E-state index contributed by atoms with van der Waals surface area (Å²) in [5.74, 6) is -1.10. The molecule has 2 saturated heterocycles. The highest BCUT2D eigenvalue weighted by Crippen LogP contribution is 2.76. The van der Waals surface area contributed by atoms with Crippen molar-refractivity contribution in [3.63, 3.8) is 0 Å². The van der Waals surface area contributed by atoms with Crippen molar-refractivity contribution in [2.24, 2.45) is 50.2 Å². The number of esters is 1. The Labute approximate surface area is 334 Å². The summed E-state index contributed by atoms with van der Waals surface area (Å²) in [5, 5.41) is 84.6. The highest BCUT2D eigenvalue weighted by Gasteiger charge is 2.70. The number of aliphatic carboxylic acids is 1. The normalized spacial score (nSPS) is 53.6. The number of carboxylic acid groups (broad SMARTS) is 1. The van der Waals surface area contributed by atoms with E-state index in [9.17, 15) is 50.4 Å². The maximum absolute atomic E-state index is 13.1. The first-order chi connectivity index (χ1) is 26.7. The molecule has 8 N–H and O–H groups in total. The Morgan fingerprint density at radius 3 is 2.14 bits per heavy atom. The number of aliphatic hydroxyl groups is 7. The fourth-order valence-corrected chi connectivity index (χ4v) is 13.6. The lowest BCUT2D eigenvalue weighted by atomic mass is 9.33. The molecule has 4 saturated carbocycles. The molecule has 0 aromatic rings.